The molecule has 0 aliphatic carbocycles. The highest BCUT2D eigenvalue weighted by Crippen LogP contribution is 2.34. The Bertz CT molecular complexity index is 423. The summed E-state index contributed by atoms with van der Waals surface area (Å²) in [4.78, 5) is 0. The van der Waals surface area contributed by atoms with Crippen molar-refractivity contribution in [3.05, 3.63) is 32.4 Å². The topological polar surface area (TPSA) is 23.8 Å². The lowest BCUT2D eigenvalue weighted by Gasteiger charge is -2.11. The number of rotatable bonds is 1. The van der Waals surface area contributed by atoms with Gasteiger partial charge in [-0.3, -0.25) is 0 Å². The van der Waals surface area contributed by atoms with Gasteiger partial charge in [0.25, 0.3) is 0 Å². The summed E-state index contributed by atoms with van der Waals surface area (Å²) in [6.07, 6.45) is -4.41. The van der Waals surface area contributed by atoms with Crippen molar-refractivity contribution in [1.82, 2.24) is 0 Å². The largest absolute Gasteiger partial charge is 0.417 e. The number of hydrogen-bond donors (Lipinski definition) is 0. The Morgan fingerprint density at radius 3 is 2.40 bits per heavy atom. The van der Waals surface area contributed by atoms with E-state index < -0.39 is 11.7 Å². The molecule has 15 heavy (non-hydrogen) atoms. The molecule has 1 nitrogen and oxygen atoms in total. The Morgan fingerprint density at radius 1 is 1.40 bits per heavy atom. The van der Waals surface area contributed by atoms with Gasteiger partial charge in [-0.1, -0.05) is 0 Å². The first-order valence-corrected chi connectivity index (χ1v) is 5.37. The van der Waals surface area contributed by atoms with Gasteiger partial charge in [-0.15, -0.1) is 11.6 Å². The fourth-order valence-corrected chi connectivity index (χ4v) is 2.04. The molecule has 1 rings (SSSR count). The normalized spacial score (nSPS) is 11.2. The number of nitrogens with zero attached hydrogens (tertiary/aromatic N) is 1. The molecule has 0 saturated heterocycles. The number of halogens is 5. The minimum atomic E-state index is -4.41. The van der Waals surface area contributed by atoms with Gasteiger partial charge in [-0.05, 0) is 40.3 Å². The number of benzene rings is 1. The van der Waals surface area contributed by atoms with E-state index in [1.54, 1.807) is 22.6 Å². The molecule has 0 bridgehead atoms. The summed E-state index contributed by atoms with van der Waals surface area (Å²) >= 11 is 7.02. The molecule has 0 spiro atoms. The first kappa shape index (κ1) is 12.6. The van der Waals surface area contributed by atoms with Crippen LogP contribution in [0.2, 0.25) is 0 Å². The van der Waals surface area contributed by atoms with Gasteiger partial charge in [0.2, 0.25) is 0 Å². The summed E-state index contributed by atoms with van der Waals surface area (Å²) in [7, 11) is 0. The third-order valence-corrected chi connectivity index (χ3v) is 2.94. The zero-order chi connectivity index (χ0) is 11.6. The van der Waals surface area contributed by atoms with E-state index in [1.165, 1.54) is 6.07 Å². The van der Waals surface area contributed by atoms with E-state index in [9.17, 15) is 13.2 Å². The molecule has 0 unspecified atom stereocenters. The van der Waals surface area contributed by atoms with E-state index in [1.807, 2.05) is 6.07 Å². The highest BCUT2D eigenvalue weighted by atomic mass is 127. The summed E-state index contributed by atoms with van der Waals surface area (Å²) < 4.78 is 37.4. The lowest BCUT2D eigenvalue weighted by molar-refractivity contribution is -0.138. The Labute approximate surface area is 103 Å². The lowest BCUT2D eigenvalue weighted by atomic mass is 10.1. The molecule has 0 heterocycles. The summed E-state index contributed by atoms with van der Waals surface area (Å²) in [6.45, 7) is 0. The zero-order valence-corrected chi connectivity index (χ0v) is 10.1. The van der Waals surface area contributed by atoms with Crippen LogP contribution in [0.4, 0.5) is 13.2 Å². The number of hydrogen-bond acceptors (Lipinski definition) is 1. The van der Waals surface area contributed by atoms with Crippen LogP contribution in [-0.2, 0) is 12.1 Å². The van der Waals surface area contributed by atoms with Gasteiger partial charge in [-0.25, -0.2) is 0 Å². The van der Waals surface area contributed by atoms with Crippen molar-refractivity contribution in [2.45, 2.75) is 12.1 Å². The SMILES string of the molecule is N#Cc1cc(I)c(C(F)(F)F)cc1CCl. The van der Waals surface area contributed by atoms with E-state index in [2.05, 4.69) is 0 Å². The number of nitriles is 1. The van der Waals surface area contributed by atoms with E-state index in [0.29, 0.717) is 0 Å². The van der Waals surface area contributed by atoms with E-state index in [4.69, 9.17) is 16.9 Å². The maximum atomic E-state index is 12.5. The fraction of sp³-hybridized carbons (Fsp3) is 0.222. The highest BCUT2D eigenvalue weighted by molar-refractivity contribution is 14.1. The fourth-order valence-electron chi connectivity index (χ4n) is 1.05. The molecular formula is C9H4ClF3IN. The average Bonchev–Trinajstić information content (AvgIpc) is 2.15. The van der Waals surface area contributed by atoms with Gasteiger partial charge in [0.1, 0.15) is 0 Å². The summed E-state index contributed by atoms with van der Waals surface area (Å²) in [5.74, 6) is -0.108. The Kier molecular flexibility index (Phi) is 3.84. The van der Waals surface area contributed by atoms with Gasteiger partial charge in [-0.2, -0.15) is 18.4 Å². The Hall–Kier alpha value is -0.480. The second-order valence-electron chi connectivity index (χ2n) is 2.73. The van der Waals surface area contributed by atoms with Gasteiger partial charge in [0, 0.05) is 9.45 Å². The molecular weight excluding hydrogens is 341 g/mol. The molecule has 0 amide bonds. The standard InChI is InChI=1S/C9H4ClF3IN/c10-3-5-1-7(9(11,12)13)8(14)2-6(5)4-15/h1-2H,3H2. The summed E-state index contributed by atoms with van der Waals surface area (Å²) in [5.41, 5.74) is -0.368. The van der Waals surface area contributed by atoms with Crippen LogP contribution in [-0.4, -0.2) is 0 Å². The molecule has 0 aliphatic rings. The van der Waals surface area contributed by atoms with Crippen LogP contribution >= 0.6 is 34.2 Å². The van der Waals surface area contributed by atoms with Gasteiger partial charge < -0.3 is 0 Å². The van der Waals surface area contributed by atoms with Crippen molar-refractivity contribution in [3.8, 4) is 6.07 Å². The van der Waals surface area contributed by atoms with Crippen molar-refractivity contribution in [3.63, 3.8) is 0 Å². The van der Waals surface area contributed by atoms with Crippen LogP contribution in [0.25, 0.3) is 0 Å². The van der Waals surface area contributed by atoms with Crippen LogP contribution in [0.15, 0.2) is 12.1 Å². The van der Waals surface area contributed by atoms with Crippen LogP contribution in [0, 0.1) is 14.9 Å². The van der Waals surface area contributed by atoms with Crippen LogP contribution < -0.4 is 0 Å². The van der Waals surface area contributed by atoms with Crippen molar-refractivity contribution >= 4 is 34.2 Å². The quantitative estimate of drug-likeness (QED) is 0.559. The second kappa shape index (κ2) is 4.58. The minimum Gasteiger partial charge on any atom is -0.192 e. The van der Waals surface area contributed by atoms with E-state index >= 15 is 0 Å². The third-order valence-electron chi connectivity index (χ3n) is 1.76. The van der Waals surface area contributed by atoms with Crippen molar-refractivity contribution in [2.75, 3.05) is 0 Å². The van der Waals surface area contributed by atoms with Gasteiger partial charge in [0.15, 0.2) is 0 Å². The maximum absolute atomic E-state index is 12.5. The maximum Gasteiger partial charge on any atom is 0.417 e. The van der Waals surface area contributed by atoms with E-state index in [0.717, 1.165) is 6.07 Å². The first-order valence-electron chi connectivity index (χ1n) is 3.76. The molecule has 0 N–H and O–H groups in total. The van der Waals surface area contributed by atoms with Crippen molar-refractivity contribution < 1.29 is 13.2 Å². The smallest absolute Gasteiger partial charge is 0.192 e. The van der Waals surface area contributed by atoms with E-state index in [-0.39, 0.29) is 20.6 Å². The monoisotopic (exact) mass is 345 g/mol. The molecule has 0 saturated carbocycles. The van der Waals surface area contributed by atoms with Crippen molar-refractivity contribution in [2.24, 2.45) is 0 Å². The predicted molar refractivity (Wildman–Crippen MR) is 58.4 cm³/mol. The second-order valence-corrected chi connectivity index (χ2v) is 4.16. The lowest BCUT2D eigenvalue weighted by Crippen LogP contribution is -2.09. The predicted octanol–water partition coefficient (Wildman–Crippen LogP) is 3.92. The molecule has 0 radical (unpaired) electrons. The van der Waals surface area contributed by atoms with Crippen LogP contribution in [0.5, 0.6) is 0 Å². The Balaban J connectivity index is 3.41. The van der Waals surface area contributed by atoms with Crippen molar-refractivity contribution in [1.29, 1.82) is 5.26 Å². The third kappa shape index (κ3) is 2.75. The molecule has 0 aromatic heterocycles. The summed E-state index contributed by atoms with van der Waals surface area (Å²) in [6, 6.07) is 3.93. The minimum absolute atomic E-state index is 0.00511. The first-order chi connectivity index (χ1) is 6.90. The number of alkyl halides is 4. The average molecular weight is 345 g/mol. The van der Waals surface area contributed by atoms with Gasteiger partial charge >= 0.3 is 6.18 Å². The zero-order valence-electron chi connectivity index (χ0n) is 7.20. The highest BCUT2D eigenvalue weighted by Gasteiger charge is 2.33. The van der Waals surface area contributed by atoms with Crippen LogP contribution in [0.1, 0.15) is 16.7 Å². The summed E-state index contributed by atoms with van der Waals surface area (Å²) in [5, 5.41) is 8.67. The molecule has 1 aromatic carbocycles. The van der Waals surface area contributed by atoms with Gasteiger partial charge in [0.05, 0.1) is 17.2 Å². The van der Waals surface area contributed by atoms with Crippen LogP contribution in [0.3, 0.4) is 0 Å². The molecule has 1 aromatic rings. The molecule has 0 aliphatic heterocycles. The Morgan fingerprint density at radius 2 is 2.00 bits per heavy atom. The molecule has 0 fully saturated rings. The molecule has 6 heteroatoms. The molecule has 80 valence electrons. The molecule has 0 atom stereocenters.